The maximum atomic E-state index is 11.8. The maximum Gasteiger partial charge on any atom is 0.311 e. The molecule has 1 unspecified atom stereocenters. The lowest BCUT2D eigenvalue weighted by Crippen LogP contribution is -2.12. The molecule has 0 heterocycles. The molecule has 112 valence electrons. The van der Waals surface area contributed by atoms with Gasteiger partial charge < -0.3 is 4.74 Å². The smallest absolute Gasteiger partial charge is 0.311 e. The molecule has 0 aliphatic carbocycles. The summed E-state index contributed by atoms with van der Waals surface area (Å²) in [5.41, 5.74) is 0. The first-order chi connectivity index (χ1) is 9.72. The van der Waals surface area contributed by atoms with E-state index in [1.54, 1.807) is 0 Å². The lowest BCUT2D eigenvalue weighted by molar-refractivity contribution is -0.135. The van der Waals surface area contributed by atoms with Gasteiger partial charge in [0.2, 0.25) is 0 Å². The highest BCUT2D eigenvalue weighted by Crippen LogP contribution is 2.17. The minimum absolute atomic E-state index is 0.116. The summed E-state index contributed by atoms with van der Waals surface area (Å²) in [4.78, 5) is 11.8. The number of esters is 1. The number of rotatable bonds is 10. The number of hydrogen-bond acceptors (Lipinski definition) is 2. The van der Waals surface area contributed by atoms with Crippen LogP contribution in [0.15, 0.2) is 30.3 Å². The first-order valence-electron chi connectivity index (χ1n) is 7.98. The molecule has 2 nitrogen and oxygen atoms in total. The van der Waals surface area contributed by atoms with Crippen LogP contribution in [-0.2, 0) is 4.79 Å². The average molecular weight is 276 g/mol. The highest BCUT2D eigenvalue weighted by atomic mass is 16.5. The van der Waals surface area contributed by atoms with Crippen LogP contribution in [0.25, 0.3) is 0 Å². The van der Waals surface area contributed by atoms with Crippen molar-refractivity contribution in [3.8, 4) is 5.75 Å². The van der Waals surface area contributed by atoms with Crippen LogP contribution >= 0.6 is 0 Å². The summed E-state index contributed by atoms with van der Waals surface area (Å²) < 4.78 is 5.31. The van der Waals surface area contributed by atoms with Crippen molar-refractivity contribution in [3.63, 3.8) is 0 Å². The van der Waals surface area contributed by atoms with E-state index in [4.69, 9.17) is 4.74 Å². The summed E-state index contributed by atoms with van der Waals surface area (Å²) in [6.07, 6.45) is 9.47. The van der Waals surface area contributed by atoms with Gasteiger partial charge in [-0.25, -0.2) is 0 Å². The van der Waals surface area contributed by atoms with Gasteiger partial charge in [-0.3, -0.25) is 4.79 Å². The van der Waals surface area contributed by atoms with Crippen LogP contribution < -0.4 is 4.74 Å². The summed E-state index contributed by atoms with van der Waals surface area (Å²) in [6.45, 7) is 4.37. The molecular formula is C18H28O2. The third-order valence-corrected chi connectivity index (χ3v) is 3.54. The van der Waals surface area contributed by atoms with E-state index >= 15 is 0 Å². The van der Waals surface area contributed by atoms with E-state index in [1.807, 2.05) is 30.3 Å². The van der Waals surface area contributed by atoms with E-state index in [0.29, 0.717) is 18.1 Å². The zero-order chi connectivity index (χ0) is 14.6. The maximum absolute atomic E-state index is 11.8. The fourth-order valence-corrected chi connectivity index (χ4v) is 2.32. The standard InChI is InChI=1S/C18H28O2/c1-3-4-5-6-7-9-12-16(2)15-18(19)20-17-13-10-8-11-14-17/h8,10-11,13-14,16H,3-7,9,12,15H2,1-2H3. The van der Waals surface area contributed by atoms with Crippen LogP contribution in [0.4, 0.5) is 0 Å². The molecule has 2 heteroatoms. The van der Waals surface area contributed by atoms with Crippen LogP contribution in [0.1, 0.15) is 65.2 Å². The molecule has 1 rings (SSSR count). The molecule has 0 aliphatic heterocycles. The second kappa shape index (κ2) is 10.5. The van der Waals surface area contributed by atoms with E-state index < -0.39 is 0 Å². The topological polar surface area (TPSA) is 26.3 Å². The molecule has 1 atom stereocenters. The molecule has 0 saturated heterocycles. The van der Waals surface area contributed by atoms with E-state index in [1.165, 1.54) is 38.5 Å². The van der Waals surface area contributed by atoms with Crippen LogP contribution in [0.5, 0.6) is 5.75 Å². The zero-order valence-corrected chi connectivity index (χ0v) is 12.9. The van der Waals surface area contributed by atoms with Gasteiger partial charge >= 0.3 is 5.97 Å². The summed E-state index contributed by atoms with van der Waals surface area (Å²) in [6, 6.07) is 9.30. The second-order valence-corrected chi connectivity index (χ2v) is 5.65. The van der Waals surface area contributed by atoms with Crippen molar-refractivity contribution in [1.82, 2.24) is 0 Å². The third-order valence-electron chi connectivity index (χ3n) is 3.54. The number of unbranched alkanes of at least 4 members (excludes halogenated alkanes) is 5. The number of carbonyl (C=O) groups is 1. The SMILES string of the molecule is CCCCCCCCC(C)CC(=O)Oc1ccccc1. The van der Waals surface area contributed by atoms with Gasteiger partial charge in [0.15, 0.2) is 0 Å². The van der Waals surface area contributed by atoms with Gasteiger partial charge in [-0.2, -0.15) is 0 Å². The number of carbonyl (C=O) groups excluding carboxylic acids is 1. The Morgan fingerprint density at radius 2 is 1.70 bits per heavy atom. The Kier molecular flexibility index (Phi) is 8.77. The molecule has 0 radical (unpaired) electrons. The van der Waals surface area contributed by atoms with Gasteiger partial charge in [0.25, 0.3) is 0 Å². The number of para-hydroxylation sites is 1. The molecule has 0 N–H and O–H groups in total. The van der Waals surface area contributed by atoms with Crippen molar-refractivity contribution in [2.75, 3.05) is 0 Å². The number of benzene rings is 1. The van der Waals surface area contributed by atoms with E-state index in [-0.39, 0.29) is 5.97 Å². The predicted octanol–water partition coefficient (Wildman–Crippen LogP) is 5.37. The van der Waals surface area contributed by atoms with Gasteiger partial charge in [-0.15, -0.1) is 0 Å². The minimum atomic E-state index is -0.116. The first-order valence-corrected chi connectivity index (χ1v) is 7.98. The highest BCUT2D eigenvalue weighted by Gasteiger charge is 2.10. The fourth-order valence-electron chi connectivity index (χ4n) is 2.32. The van der Waals surface area contributed by atoms with Gasteiger partial charge in [0.1, 0.15) is 5.75 Å². The highest BCUT2D eigenvalue weighted by molar-refractivity contribution is 5.72. The molecule has 0 spiro atoms. The Morgan fingerprint density at radius 1 is 1.05 bits per heavy atom. The Hall–Kier alpha value is -1.31. The van der Waals surface area contributed by atoms with Gasteiger partial charge in [0, 0.05) is 6.42 Å². The van der Waals surface area contributed by atoms with Crippen LogP contribution in [0.3, 0.4) is 0 Å². The molecule has 0 aliphatic rings. The van der Waals surface area contributed by atoms with Gasteiger partial charge in [-0.1, -0.05) is 77.0 Å². The van der Waals surface area contributed by atoms with Crippen molar-refractivity contribution >= 4 is 5.97 Å². The summed E-state index contributed by atoms with van der Waals surface area (Å²) in [5.74, 6) is 0.941. The number of ether oxygens (including phenoxy) is 1. The Balaban J connectivity index is 2.09. The molecule has 1 aromatic rings. The molecular weight excluding hydrogens is 248 g/mol. The van der Waals surface area contributed by atoms with Crippen LogP contribution in [-0.4, -0.2) is 5.97 Å². The summed E-state index contributed by atoms with van der Waals surface area (Å²) in [7, 11) is 0. The van der Waals surface area contributed by atoms with E-state index in [0.717, 1.165) is 6.42 Å². The second-order valence-electron chi connectivity index (χ2n) is 5.65. The summed E-state index contributed by atoms with van der Waals surface area (Å²) in [5, 5.41) is 0. The molecule has 0 amide bonds. The lowest BCUT2D eigenvalue weighted by Gasteiger charge is -2.10. The fraction of sp³-hybridized carbons (Fsp3) is 0.611. The monoisotopic (exact) mass is 276 g/mol. The lowest BCUT2D eigenvalue weighted by atomic mass is 9.99. The largest absolute Gasteiger partial charge is 0.427 e. The van der Waals surface area contributed by atoms with E-state index in [9.17, 15) is 4.79 Å². The van der Waals surface area contributed by atoms with Crippen LogP contribution in [0, 0.1) is 5.92 Å². The molecule has 0 fully saturated rings. The first kappa shape index (κ1) is 16.7. The van der Waals surface area contributed by atoms with Crippen molar-refractivity contribution in [2.45, 2.75) is 65.2 Å². The average Bonchev–Trinajstić information content (AvgIpc) is 2.43. The predicted molar refractivity (Wildman–Crippen MR) is 83.9 cm³/mol. The Bertz CT molecular complexity index is 359. The normalized spacial score (nSPS) is 12.1. The molecule has 1 aromatic carbocycles. The van der Waals surface area contributed by atoms with Crippen molar-refractivity contribution in [2.24, 2.45) is 5.92 Å². The van der Waals surface area contributed by atoms with Gasteiger partial charge in [-0.05, 0) is 18.1 Å². The third kappa shape index (κ3) is 7.98. The molecule has 0 saturated carbocycles. The van der Waals surface area contributed by atoms with Crippen molar-refractivity contribution in [1.29, 1.82) is 0 Å². The van der Waals surface area contributed by atoms with Crippen molar-refractivity contribution in [3.05, 3.63) is 30.3 Å². The van der Waals surface area contributed by atoms with E-state index in [2.05, 4.69) is 13.8 Å². The summed E-state index contributed by atoms with van der Waals surface area (Å²) >= 11 is 0. The molecule has 0 bridgehead atoms. The van der Waals surface area contributed by atoms with Gasteiger partial charge in [0.05, 0.1) is 0 Å². The van der Waals surface area contributed by atoms with Crippen LogP contribution in [0.2, 0.25) is 0 Å². The zero-order valence-electron chi connectivity index (χ0n) is 12.9. The number of hydrogen-bond donors (Lipinski definition) is 0. The Morgan fingerprint density at radius 3 is 2.40 bits per heavy atom. The quantitative estimate of drug-likeness (QED) is 0.326. The van der Waals surface area contributed by atoms with Crippen molar-refractivity contribution < 1.29 is 9.53 Å². The molecule has 20 heavy (non-hydrogen) atoms. The minimum Gasteiger partial charge on any atom is -0.427 e. The molecule has 0 aromatic heterocycles. The Labute approximate surface area is 123 Å².